The van der Waals surface area contributed by atoms with E-state index in [1.807, 2.05) is 32.0 Å². The summed E-state index contributed by atoms with van der Waals surface area (Å²) in [5.41, 5.74) is 3.30. The number of carboxylic acids is 1. The van der Waals surface area contributed by atoms with Crippen molar-refractivity contribution in [2.75, 3.05) is 6.54 Å². The normalized spacial score (nSPS) is 15.6. The van der Waals surface area contributed by atoms with Gasteiger partial charge in [0.1, 0.15) is 0 Å². The monoisotopic (exact) mass is 289 g/mol. The average Bonchev–Trinajstić information content (AvgIpc) is 3.24. The lowest BCUT2D eigenvalue weighted by atomic mass is 9.99. The molecule has 0 bridgehead atoms. The van der Waals surface area contributed by atoms with Crippen LogP contribution in [0, 0.1) is 19.8 Å². The van der Waals surface area contributed by atoms with E-state index in [1.54, 1.807) is 11.8 Å². The molecule has 0 heterocycles. The highest BCUT2D eigenvalue weighted by atomic mass is 16.4. The minimum Gasteiger partial charge on any atom is -0.481 e. The summed E-state index contributed by atoms with van der Waals surface area (Å²) in [6, 6.07) is 6.25. The fourth-order valence-corrected chi connectivity index (χ4v) is 2.59. The van der Waals surface area contributed by atoms with Gasteiger partial charge < -0.3 is 10.0 Å². The van der Waals surface area contributed by atoms with Crippen LogP contribution in [0.2, 0.25) is 0 Å². The summed E-state index contributed by atoms with van der Waals surface area (Å²) in [5, 5.41) is 9.05. The second-order valence-electron chi connectivity index (χ2n) is 6.06. The molecule has 1 fully saturated rings. The van der Waals surface area contributed by atoms with Gasteiger partial charge in [0, 0.05) is 12.6 Å². The van der Waals surface area contributed by atoms with E-state index in [2.05, 4.69) is 0 Å². The van der Waals surface area contributed by atoms with Crippen LogP contribution in [0.15, 0.2) is 18.2 Å². The number of aliphatic carboxylic acids is 1. The van der Waals surface area contributed by atoms with Crippen molar-refractivity contribution in [3.8, 4) is 0 Å². The van der Waals surface area contributed by atoms with E-state index in [0.29, 0.717) is 13.0 Å². The molecule has 1 amide bonds. The van der Waals surface area contributed by atoms with E-state index in [4.69, 9.17) is 5.11 Å². The summed E-state index contributed by atoms with van der Waals surface area (Å²) in [6.45, 7) is 5.99. The Morgan fingerprint density at radius 2 is 1.86 bits per heavy atom. The van der Waals surface area contributed by atoms with Gasteiger partial charge in [0.05, 0.1) is 12.3 Å². The van der Waals surface area contributed by atoms with E-state index >= 15 is 0 Å². The van der Waals surface area contributed by atoms with Gasteiger partial charge in [-0.1, -0.05) is 25.1 Å². The van der Waals surface area contributed by atoms with Crippen LogP contribution in [-0.2, 0) is 16.0 Å². The maximum absolute atomic E-state index is 12.6. The summed E-state index contributed by atoms with van der Waals surface area (Å²) >= 11 is 0. The quantitative estimate of drug-likeness (QED) is 0.875. The lowest BCUT2D eigenvalue weighted by Gasteiger charge is -2.25. The van der Waals surface area contributed by atoms with Crippen molar-refractivity contribution in [1.29, 1.82) is 0 Å². The number of hydrogen-bond acceptors (Lipinski definition) is 2. The van der Waals surface area contributed by atoms with Gasteiger partial charge in [-0.15, -0.1) is 0 Å². The minimum atomic E-state index is -0.847. The average molecular weight is 289 g/mol. The zero-order valence-electron chi connectivity index (χ0n) is 12.9. The van der Waals surface area contributed by atoms with Crippen LogP contribution >= 0.6 is 0 Å². The number of amides is 1. The number of carboxylic acid groups (broad SMARTS) is 1. The van der Waals surface area contributed by atoms with Gasteiger partial charge in [-0.05, 0) is 43.4 Å². The Morgan fingerprint density at radius 3 is 2.33 bits per heavy atom. The molecule has 1 saturated carbocycles. The summed E-state index contributed by atoms with van der Waals surface area (Å²) < 4.78 is 0. The van der Waals surface area contributed by atoms with E-state index in [9.17, 15) is 9.59 Å². The van der Waals surface area contributed by atoms with Crippen molar-refractivity contribution in [2.24, 2.45) is 5.92 Å². The fourth-order valence-electron chi connectivity index (χ4n) is 2.59. The van der Waals surface area contributed by atoms with Gasteiger partial charge in [0.2, 0.25) is 5.91 Å². The first-order valence-corrected chi connectivity index (χ1v) is 7.47. The molecule has 1 unspecified atom stereocenters. The van der Waals surface area contributed by atoms with Crippen LogP contribution in [0.25, 0.3) is 0 Å². The van der Waals surface area contributed by atoms with Crippen molar-refractivity contribution in [2.45, 2.75) is 46.1 Å². The third-order valence-corrected chi connectivity index (χ3v) is 4.17. The second kappa shape index (κ2) is 6.29. The summed E-state index contributed by atoms with van der Waals surface area (Å²) in [7, 11) is 0. The number of carbonyl (C=O) groups excluding carboxylic acids is 1. The van der Waals surface area contributed by atoms with Crippen molar-refractivity contribution < 1.29 is 14.7 Å². The lowest BCUT2D eigenvalue weighted by Crippen LogP contribution is -2.39. The Hall–Kier alpha value is -1.84. The van der Waals surface area contributed by atoms with Gasteiger partial charge in [0.25, 0.3) is 0 Å². The van der Waals surface area contributed by atoms with Crippen molar-refractivity contribution >= 4 is 11.9 Å². The molecule has 0 spiro atoms. The maximum Gasteiger partial charge on any atom is 0.308 e. The third kappa shape index (κ3) is 3.84. The van der Waals surface area contributed by atoms with Crippen molar-refractivity contribution in [3.63, 3.8) is 0 Å². The predicted octanol–water partition coefficient (Wildman–Crippen LogP) is 2.56. The van der Waals surface area contributed by atoms with Gasteiger partial charge in [-0.2, -0.15) is 0 Å². The molecule has 0 aliphatic heterocycles. The summed E-state index contributed by atoms with van der Waals surface area (Å²) in [4.78, 5) is 25.4. The molecule has 1 N–H and O–H groups in total. The minimum absolute atomic E-state index is 0.0444. The number of rotatable bonds is 6. The number of aryl methyl sites for hydroxylation is 2. The van der Waals surface area contributed by atoms with E-state index in [-0.39, 0.29) is 11.9 Å². The van der Waals surface area contributed by atoms with Crippen LogP contribution in [0.4, 0.5) is 0 Å². The van der Waals surface area contributed by atoms with Gasteiger partial charge in [0.15, 0.2) is 0 Å². The Balaban J connectivity index is 2.10. The highest BCUT2D eigenvalue weighted by Crippen LogP contribution is 2.29. The van der Waals surface area contributed by atoms with Crippen LogP contribution in [-0.4, -0.2) is 34.5 Å². The molecule has 0 saturated heterocycles. The largest absolute Gasteiger partial charge is 0.481 e. The summed E-state index contributed by atoms with van der Waals surface area (Å²) in [6.07, 6.45) is 2.34. The van der Waals surface area contributed by atoms with Crippen LogP contribution < -0.4 is 0 Å². The molecular formula is C17H23NO3. The first kappa shape index (κ1) is 15.5. The number of nitrogens with zero attached hydrogens (tertiary/aromatic N) is 1. The molecule has 1 atom stereocenters. The smallest absolute Gasteiger partial charge is 0.308 e. The molecule has 0 radical (unpaired) electrons. The molecule has 1 aromatic rings. The standard InChI is InChI=1S/C17H23NO3/c1-11-5-4-6-12(2)15(11)9-16(19)18(14-7-8-14)10-13(3)17(20)21/h4-6,13-14H,7-10H2,1-3H3,(H,20,21). The third-order valence-electron chi connectivity index (χ3n) is 4.17. The second-order valence-corrected chi connectivity index (χ2v) is 6.06. The first-order valence-electron chi connectivity index (χ1n) is 7.47. The Labute approximate surface area is 125 Å². The zero-order chi connectivity index (χ0) is 15.6. The number of carbonyl (C=O) groups is 2. The Bertz CT molecular complexity index is 529. The van der Waals surface area contributed by atoms with E-state index in [0.717, 1.165) is 29.5 Å². The fraction of sp³-hybridized carbons (Fsp3) is 0.529. The number of hydrogen-bond donors (Lipinski definition) is 1. The zero-order valence-corrected chi connectivity index (χ0v) is 12.9. The Morgan fingerprint density at radius 1 is 1.29 bits per heavy atom. The lowest BCUT2D eigenvalue weighted by molar-refractivity contribution is -0.143. The molecule has 4 nitrogen and oxygen atoms in total. The molecule has 114 valence electrons. The SMILES string of the molecule is Cc1cccc(C)c1CC(=O)N(CC(C)C(=O)O)C1CC1. The van der Waals surface area contributed by atoms with Gasteiger partial charge in [-0.3, -0.25) is 9.59 Å². The van der Waals surface area contributed by atoms with Crippen molar-refractivity contribution in [3.05, 3.63) is 34.9 Å². The molecule has 1 aromatic carbocycles. The molecule has 4 heteroatoms. The predicted molar refractivity (Wildman–Crippen MR) is 81.2 cm³/mol. The highest BCUT2D eigenvalue weighted by molar-refractivity contribution is 5.81. The van der Waals surface area contributed by atoms with E-state index in [1.165, 1.54) is 0 Å². The van der Waals surface area contributed by atoms with Gasteiger partial charge >= 0.3 is 5.97 Å². The molecule has 1 aliphatic rings. The topological polar surface area (TPSA) is 57.6 Å². The number of benzene rings is 1. The Kier molecular flexibility index (Phi) is 4.66. The molecule has 2 rings (SSSR count). The van der Waals surface area contributed by atoms with Crippen LogP contribution in [0.3, 0.4) is 0 Å². The van der Waals surface area contributed by atoms with E-state index < -0.39 is 11.9 Å². The first-order chi connectivity index (χ1) is 9.90. The molecule has 1 aliphatic carbocycles. The summed E-state index contributed by atoms with van der Waals surface area (Å²) in [5.74, 6) is -1.32. The molecule has 21 heavy (non-hydrogen) atoms. The maximum atomic E-state index is 12.6. The highest BCUT2D eigenvalue weighted by Gasteiger charge is 2.34. The molecule has 0 aromatic heterocycles. The van der Waals surface area contributed by atoms with Gasteiger partial charge in [-0.25, -0.2) is 0 Å². The molecular weight excluding hydrogens is 266 g/mol. The van der Waals surface area contributed by atoms with Crippen LogP contribution in [0.5, 0.6) is 0 Å². The van der Waals surface area contributed by atoms with Crippen molar-refractivity contribution in [1.82, 2.24) is 4.90 Å². The van der Waals surface area contributed by atoms with Crippen LogP contribution in [0.1, 0.15) is 36.5 Å².